The number of fused-ring (bicyclic) bond motifs is 3. The fraction of sp³-hybridized carbons (Fsp3) is 0.429. The topological polar surface area (TPSA) is 38.3 Å². The molecule has 2 aliphatic rings. The monoisotopic (exact) mass is 230 g/mol. The van der Waals surface area contributed by atoms with Crippen molar-refractivity contribution in [1.29, 1.82) is 0 Å². The normalized spacial score (nSPS) is 21.5. The highest BCUT2D eigenvalue weighted by molar-refractivity contribution is 5.95. The average molecular weight is 230 g/mol. The van der Waals surface area contributed by atoms with E-state index in [1.807, 2.05) is 6.92 Å². The molecule has 1 atom stereocenters. The van der Waals surface area contributed by atoms with E-state index in [2.05, 4.69) is 18.3 Å². The number of rotatable bonds is 1. The average Bonchev–Trinajstić information content (AvgIpc) is 2.72. The van der Waals surface area contributed by atoms with E-state index in [1.54, 1.807) is 0 Å². The molecule has 0 fully saturated rings. The molecule has 3 heteroatoms. The maximum atomic E-state index is 11.4. The number of benzene rings is 1. The van der Waals surface area contributed by atoms with Crippen LogP contribution in [0.2, 0.25) is 0 Å². The van der Waals surface area contributed by atoms with Gasteiger partial charge in [-0.25, -0.2) is 0 Å². The zero-order chi connectivity index (χ0) is 12.0. The molecule has 1 aromatic rings. The Labute approximate surface area is 101 Å². The molecule has 0 saturated heterocycles. The maximum absolute atomic E-state index is 11.4. The molecule has 1 N–H and O–H groups in total. The van der Waals surface area contributed by atoms with Crippen molar-refractivity contribution < 1.29 is 9.53 Å². The fourth-order valence-corrected chi connectivity index (χ4v) is 2.71. The number of amides is 1. The Hall–Kier alpha value is -1.51. The summed E-state index contributed by atoms with van der Waals surface area (Å²) in [6.07, 6.45) is 3.28. The molecular weight excluding hydrogens is 214 g/mol. The van der Waals surface area contributed by atoms with Crippen LogP contribution in [0.3, 0.4) is 0 Å². The lowest BCUT2D eigenvalue weighted by Gasteiger charge is -2.21. The van der Waals surface area contributed by atoms with Crippen LogP contribution in [0, 0.1) is 13.8 Å². The summed E-state index contributed by atoms with van der Waals surface area (Å²) in [7, 11) is 0. The van der Waals surface area contributed by atoms with Gasteiger partial charge in [0.25, 0.3) is 0 Å². The van der Waals surface area contributed by atoms with Crippen LogP contribution >= 0.6 is 0 Å². The van der Waals surface area contributed by atoms with Crippen LogP contribution in [0.25, 0.3) is 0 Å². The van der Waals surface area contributed by atoms with Gasteiger partial charge in [-0.15, -0.1) is 0 Å². The summed E-state index contributed by atoms with van der Waals surface area (Å²) in [4.78, 5) is 11.4. The molecule has 0 aliphatic carbocycles. The first-order chi connectivity index (χ1) is 8.19. The van der Waals surface area contributed by atoms with Gasteiger partial charge in [-0.05, 0) is 37.8 Å². The van der Waals surface area contributed by atoms with Crippen LogP contribution in [-0.4, -0.2) is 12.0 Å². The van der Waals surface area contributed by atoms with Gasteiger partial charge in [0, 0.05) is 18.4 Å². The first-order valence-electron chi connectivity index (χ1n) is 6.10. The molecule has 17 heavy (non-hydrogen) atoms. The summed E-state index contributed by atoms with van der Waals surface area (Å²) >= 11 is 0. The van der Waals surface area contributed by atoms with Crippen LogP contribution in [0.4, 0.5) is 5.69 Å². The van der Waals surface area contributed by atoms with Gasteiger partial charge in [-0.3, -0.25) is 4.79 Å². The number of hydrogen-bond acceptors (Lipinski definition) is 2. The number of aryl methyl sites for hydroxylation is 1. The van der Waals surface area contributed by atoms with E-state index in [-0.39, 0.29) is 12.0 Å². The van der Waals surface area contributed by atoms with Crippen molar-refractivity contribution in [3.8, 4) is 5.75 Å². The molecule has 2 heterocycles. The van der Waals surface area contributed by atoms with Gasteiger partial charge < -0.3 is 10.1 Å². The van der Waals surface area contributed by atoms with E-state index < -0.39 is 0 Å². The summed E-state index contributed by atoms with van der Waals surface area (Å²) < 4.78 is 5.93. The molecule has 0 bridgehead atoms. The summed E-state index contributed by atoms with van der Waals surface area (Å²) in [6.45, 7) is 5.95. The third kappa shape index (κ3) is 1.61. The Morgan fingerprint density at radius 3 is 3.12 bits per heavy atom. The minimum Gasteiger partial charge on any atom is -0.489 e. The van der Waals surface area contributed by atoms with Gasteiger partial charge in [0.05, 0.1) is 5.69 Å². The van der Waals surface area contributed by atoms with Crippen LogP contribution in [0.15, 0.2) is 6.07 Å². The molecule has 3 nitrogen and oxygen atoms in total. The Kier molecular flexibility index (Phi) is 2.35. The zero-order valence-electron chi connectivity index (χ0n) is 10.0. The Morgan fingerprint density at radius 2 is 2.35 bits per heavy atom. The van der Waals surface area contributed by atoms with Crippen LogP contribution in [-0.2, 0) is 17.6 Å². The Morgan fingerprint density at radius 1 is 1.53 bits per heavy atom. The summed E-state index contributed by atoms with van der Waals surface area (Å²) in [6, 6.07) is 2.13. The van der Waals surface area contributed by atoms with Crippen molar-refractivity contribution in [3.63, 3.8) is 0 Å². The standard InChI is InChI=1S/C14H16NO2/c1-3-10-7-9-6-8(2)13-11(14(9)17-10)4-5-12(16)15-13/h6,10H,1,3-5,7H2,2H3,(H,15,16). The SMILES string of the molecule is [CH2]CC1Cc2cc(C)c3c(c2O1)CCC(=O)N3. The summed E-state index contributed by atoms with van der Waals surface area (Å²) in [5.74, 6) is 1.10. The van der Waals surface area contributed by atoms with Crippen molar-refractivity contribution in [3.05, 3.63) is 29.7 Å². The van der Waals surface area contributed by atoms with Gasteiger partial charge in [-0.1, -0.05) is 6.07 Å². The van der Waals surface area contributed by atoms with Gasteiger partial charge in [0.2, 0.25) is 5.91 Å². The molecule has 1 unspecified atom stereocenters. The molecule has 1 amide bonds. The molecule has 89 valence electrons. The quantitative estimate of drug-likeness (QED) is 0.804. The molecule has 3 rings (SSSR count). The summed E-state index contributed by atoms with van der Waals surface area (Å²) in [5.41, 5.74) is 4.55. The molecular formula is C14H16NO2. The van der Waals surface area contributed by atoms with Crippen LogP contribution < -0.4 is 10.1 Å². The number of carbonyl (C=O) groups is 1. The van der Waals surface area contributed by atoms with Crippen LogP contribution in [0.5, 0.6) is 5.75 Å². The number of ether oxygens (including phenoxy) is 1. The van der Waals surface area contributed by atoms with Gasteiger partial charge in [-0.2, -0.15) is 0 Å². The highest BCUT2D eigenvalue weighted by Crippen LogP contribution is 2.41. The Balaban J connectivity index is 2.09. The highest BCUT2D eigenvalue weighted by atomic mass is 16.5. The number of hydrogen-bond donors (Lipinski definition) is 1. The van der Waals surface area contributed by atoms with Crippen molar-refractivity contribution in [1.82, 2.24) is 0 Å². The predicted molar refractivity (Wildman–Crippen MR) is 66.2 cm³/mol. The second-order valence-electron chi connectivity index (χ2n) is 4.82. The van der Waals surface area contributed by atoms with Gasteiger partial charge in [0.15, 0.2) is 0 Å². The summed E-state index contributed by atoms with van der Waals surface area (Å²) in [5, 5.41) is 2.96. The third-order valence-electron chi connectivity index (χ3n) is 3.57. The zero-order valence-corrected chi connectivity index (χ0v) is 10.0. The van der Waals surface area contributed by atoms with E-state index in [1.165, 1.54) is 11.1 Å². The lowest BCUT2D eigenvalue weighted by molar-refractivity contribution is -0.116. The number of nitrogens with one attached hydrogen (secondary N) is 1. The highest BCUT2D eigenvalue weighted by Gasteiger charge is 2.29. The van der Waals surface area contributed by atoms with E-state index in [9.17, 15) is 4.79 Å². The fourth-order valence-electron chi connectivity index (χ4n) is 2.71. The smallest absolute Gasteiger partial charge is 0.224 e. The Bertz CT molecular complexity index is 493. The van der Waals surface area contributed by atoms with Crippen molar-refractivity contribution in [2.24, 2.45) is 0 Å². The van der Waals surface area contributed by atoms with Crippen molar-refractivity contribution >= 4 is 11.6 Å². The van der Waals surface area contributed by atoms with E-state index >= 15 is 0 Å². The number of carbonyl (C=O) groups excluding carboxylic acids is 1. The largest absolute Gasteiger partial charge is 0.489 e. The van der Waals surface area contributed by atoms with E-state index in [0.29, 0.717) is 6.42 Å². The van der Waals surface area contributed by atoms with Gasteiger partial charge >= 0.3 is 0 Å². The molecule has 0 saturated carbocycles. The second-order valence-corrected chi connectivity index (χ2v) is 4.82. The number of anilines is 1. The molecule has 0 aromatic heterocycles. The molecule has 1 radical (unpaired) electrons. The van der Waals surface area contributed by atoms with E-state index in [4.69, 9.17) is 4.74 Å². The molecule has 1 aromatic carbocycles. The molecule has 0 spiro atoms. The minimum absolute atomic E-state index is 0.104. The van der Waals surface area contributed by atoms with E-state index in [0.717, 1.165) is 36.3 Å². The van der Waals surface area contributed by atoms with Crippen molar-refractivity contribution in [2.45, 2.75) is 38.7 Å². The van der Waals surface area contributed by atoms with Crippen molar-refractivity contribution in [2.75, 3.05) is 5.32 Å². The third-order valence-corrected chi connectivity index (χ3v) is 3.57. The molecule has 2 aliphatic heterocycles. The minimum atomic E-state index is 0.104. The lowest BCUT2D eigenvalue weighted by atomic mass is 9.94. The lowest BCUT2D eigenvalue weighted by Crippen LogP contribution is -2.20. The first kappa shape index (κ1) is 10.6. The van der Waals surface area contributed by atoms with Crippen LogP contribution in [0.1, 0.15) is 29.5 Å². The maximum Gasteiger partial charge on any atom is 0.224 e. The predicted octanol–water partition coefficient (Wildman–Crippen LogP) is 2.41. The first-order valence-corrected chi connectivity index (χ1v) is 6.10. The second kappa shape index (κ2) is 3.76. The van der Waals surface area contributed by atoms with Gasteiger partial charge in [0.1, 0.15) is 11.9 Å².